The van der Waals surface area contributed by atoms with Gasteiger partial charge in [-0.3, -0.25) is 9.80 Å². The third-order valence-corrected chi connectivity index (χ3v) is 0.364. The van der Waals surface area contributed by atoms with Crippen LogP contribution in [0.5, 0.6) is 0 Å². The fourth-order valence-electron chi connectivity index (χ4n) is 0.102. The Morgan fingerprint density at radius 2 is 2.33 bits per heavy atom. The molecule has 0 saturated heterocycles. The zero-order chi connectivity index (χ0) is 4.99. The number of halogens is 1. The number of rotatable bonds is 2. The number of nitrogens with one attached hydrogen (secondary N) is 1. The van der Waals surface area contributed by atoms with Gasteiger partial charge in [-0.05, 0) is 0 Å². The SMILES string of the molecule is N=C(N)CCF. The fourth-order valence-corrected chi connectivity index (χ4v) is 0.102. The Morgan fingerprint density at radius 1 is 1.83 bits per heavy atom. The van der Waals surface area contributed by atoms with Crippen LogP contribution in [0.1, 0.15) is 6.42 Å². The lowest BCUT2D eigenvalue weighted by atomic mass is 10.4. The number of hydrogen-bond donors (Lipinski definition) is 2. The second kappa shape index (κ2) is 2.63. The molecular formula is C3H7FN2. The van der Waals surface area contributed by atoms with E-state index in [0.29, 0.717) is 0 Å². The topological polar surface area (TPSA) is 49.9 Å². The molecule has 0 fully saturated rings. The van der Waals surface area contributed by atoms with Crippen LogP contribution in [0.2, 0.25) is 0 Å². The first kappa shape index (κ1) is 5.40. The Bertz CT molecular complexity index is 52.8. The van der Waals surface area contributed by atoms with E-state index in [4.69, 9.17) is 11.1 Å². The maximum Gasteiger partial charge on any atom is 0.0964 e. The molecule has 0 aliphatic heterocycles. The summed E-state index contributed by atoms with van der Waals surface area (Å²) in [6.45, 7) is -0.519. The minimum absolute atomic E-state index is 0.0694. The van der Waals surface area contributed by atoms with Crippen LogP contribution < -0.4 is 5.73 Å². The van der Waals surface area contributed by atoms with Crippen LogP contribution in [0.15, 0.2) is 0 Å². The molecule has 0 aliphatic rings. The minimum atomic E-state index is -0.519. The van der Waals surface area contributed by atoms with Crippen molar-refractivity contribution in [3.05, 3.63) is 0 Å². The van der Waals surface area contributed by atoms with Gasteiger partial charge in [0.1, 0.15) is 0 Å². The number of nitrogens with two attached hydrogens (primary N) is 1. The number of hydrogen-bond acceptors (Lipinski definition) is 1. The van der Waals surface area contributed by atoms with Crippen molar-refractivity contribution in [1.82, 2.24) is 0 Å². The smallest absolute Gasteiger partial charge is 0.0964 e. The molecule has 0 amide bonds. The Kier molecular flexibility index (Phi) is 2.36. The van der Waals surface area contributed by atoms with Gasteiger partial charge in [-0.25, -0.2) is 0 Å². The number of alkyl halides is 1. The summed E-state index contributed by atoms with van der Waals surface area (Å²) in [7, 11) is 0. The van der Waals surface area contributed by atoms with Gasteiger partial charge in [-0.2, -0.15) is 0 Å². The molecule has 0 unspecified atom stereocenters. The van der Waals surface area contributed by atoms with E-state index in [1.165, 1.54) is 0 Å². The van der Waals surface area contributed by atoms with Crippen molar-refractivity contribution in [2.24, 2.45) is 5.73 Å². The van der Waals surface area contributed by atoms with E-state index < -0.39 is 6.67 Å². The molecule has 0 aromatic rings. The molecule has 3 N–H and O–H groups in total. The summed E-state index contributed by atoms with van der Waals surface area (Å²) in [5.41, 5.74) is 4.75. The molecule has 0 aliphatic carbocycles. The second-order valence-electron chi connectivity index (χ2n) is 0.964. The van der Waals surface area contributed by atoms with Crippen LogP contribution in [0.4, 0.5) is 4.39 Å². The van der Waals surface area contributed by atoms with Crippen molar-refractivity contribution >= 4 is 5.84 Å². The molecule has 0 aromatic carbocycles. The molecule has 0 heterocycles. The zero-order valence-corrected chi connectivity index (χ0v) is 3.37. The normalized spacial score (nSPS) is 8.17. The minimum Gasteiger partial charge on any atom is -0.388 e. The lowest BCUT2D eigenvalue weighted by molar-refractivity contribution is 0.507. The van der Waals surface area contributed by atoms with Crippen molar-refractivity contribution in [3.8, 4) is 0 Å². The summed E-state index contributed by atoms with van der Waals surface area (Å²) >= 11 is 0. The molecule has 0 spiro atoms. The molecule has 0 aromatic heterocycles. The van der Waals surface area contributed by atoms with Gasteiger partial charge in [-0.15, -0.1) is 0 Å². The highest BCUT2D eigenvalue weighted by molar-refractivity contribution is 5.76. The fraction of sp³-hybridized carbons (Fsp3) is 0.667. The summed E-state index contributed by atoms with van der Waals surface area (Å²) in [6.07, 6.45) is 0.0694. The summed E-state index contributed by atoms with van der Waals surface area (Å²) in [4.78, 5) is 0. The Hall–Kier alpha value is -0.600. The van der Waals surface area contributed by atoms with Crippen LogP contribution >= 0.6 is 0 Å². The molecule has 0 atom stereocenters. The highest BCUT2D eigenvalue weighted by atomic mass is 19.1. The maximum atomic E-state index is 11.0. The van der Waals surface area contributed by atoms with Crippen LogP contribution in [-0.4, -0.2) is 12.5 Å². The lowest BCUT2D eigenvalue weighted by Crippen LogP contribution is -2.09. The lowest BCUT2D eigenvalue weighted by Gasteiger charge is -1.83. The van der Waals surface area contributed by atoms with Gasteiger partial charge in [0.05, 0.1) is 12.5 Å². The standard InChI is InChI=1S/C3H7FN2/c4-2-1-3(5)6/h1-2H2,(H3,5,6). The van der Waals surface area contributed by atoms with Crippen LogP contribution in [0, 0.1) is 5.41 Å². The molecule has 36 valence electrons. The van der Waals surface area contributed by atoms with Crippen LogP contribution in [0.3, 0.4) is 0 Å². The van der Waals surface area contributed by atoms with E-state index in [9.17, 15) is 4.39 Å². The van der Waals surface area contributed by atoms with Crippen molar-refractivity contribution in [2.75, 3.05) is 6.67 Å². The van der Waals surface area contributed by atoms with Crippen molar-refractivity contribution in [3.63, 3.8) is 0 Å². The van der Waals surface area contributed by atoms with Gasteiger partial charge >= 0.3 is 0 Å². The molecule has 0 rings (SSSR count). The third-order valence-electron chi connectivity index (χ3n) is 0.364. The second-order valence-corrected chi connectivity index (χ2v) is 0.964. The van der Waals surface area contributed by atoms with E-state index in [2.05, 4.69) is 0 Å². The average Bonchev–Trinajstić information content (AvgIpc) is 1.35. The highest BCUT2D eigenvalue weighted by Crippen LogP contribution is 1.74. The van der Waals surface area contributed by atoms with Crippen molar-refractivity contribution in [1.29, 1.82) is 5.41 Å². The first-order chi connectivity index (χ1) is 2.77. The van der Waals surface area contributed by atoms with Crippen molar-refractivity contribution < 1.29 is 4.39 Å². The van der Waals surface area contributed by atoms with Gasteiger partial charge in [0, 0.05) is 6.42 Å². The van der Waals surface area contributed by atoms with E-state index in [1.807, 2.05) is 0 Å². The first-order valence-electron chi connectivity index (χ1n) is 1.66. The van der Waals surface area contributed by atoms with E-state index in [1.54, 1.807) is 0 Å². The highest BCUT2D eigenvalue weighted by Gasteiger charge is 1.82. The molecule has 6 heavy (non-hydrogen) atoms. The quantitative estimate of drug-likeness (QED) is 0.371. The van der Waals surface area contributed by atoms with Gasteiger partial charge in [-0.1, -0.05) is 0 Å². The summed E-state index contributed by atoms with van der Waals surface area (Å²) in [5.74, 6) is -0.0856. The predicted molar refractivity (Wildman–Crippen MR) is 22.5 cm³/mol. The van der Waals surface area contributed by atoms with E-state index in [0.717, 1.165) is 0 Å². The molecule has 3 heteroatoms. The Morgan fingerprint density at radius 3 is 2.33 bits per heavy atom. The summed E-state index contributed by atoms with van der Waals surface area (Å²) in [6, 6.07) is 0. The third kappa shape index (κ3) is 3.40. The summed E-state index contributed by atoms with van der Waals surface area (Å²) < 4.78 is 11.0. The molecule has 2 nitrogen and oxygen atoms in total. The predicted octanol–water partition coefficient (Wildman–Crippen LogP) is 0.282. The van der Waals surface area contributed by atoms with E-state index >= 15 is 0 Å². The van der Waals surface area contributed by atoms with Gasteiger partial charge in [0.2, 0.25) is 0 Å². The Labute approximate surface area is 35.7 Å². The van der Waals surface area contributed by atoms with Gasteiger partial charge < -0.3 is 5.73 Å². The summed E-state index contributed by atoms with van der Waals surface area (Å²) in [5, 5.41) is 6.43. The molecule has 0 radical (unpaired) electrons. The molecular weight excluding hydrogens is 83.0 g/mol. The number of amidine groups is 1. The average molecular weight is 90.1 g/mol. The monoisotopic (exact) mass is 90.1 g/mol. The Balaban J connectivity index is 2.83. The molecule has 0 saturated carbocycles. The van der Waals surface area contributed by atoms with Crippen molar-refractivity contribution in [2.45, 2.75) is 6.42 Å². The molecule has 0 bridgehead atoms. The van der Waals surface area contributed by atoms with Gasteiger partial charge in [0.15, 0.2) is 0 Å². The van der Waals surface area contributed by atoms with Crippen LogP contribution in [-0.2, 0) is 0 Å². The first-order valence-corrected chi connectivity index (χ1v) is 1.66. The zero-order valence-electron chi connectivity index (χ0n) is 3.37. The van der Waals surface area contributed by atoms with E-state index in [-0.39, 0.29) is 12.3 Å². The largest absolute Gasteiger partial charge is 0.388 e. The van der Waals surface area contributed by atoms with Gasteiger partial charge in [0.25, 0.3) is 0 Å². The maximum absolute atomic E-state index is 11.0. The van der Waals surface area contributed by atoms with Crippen LogP contribution in [0.25, 0.3) is 0 Å².